The second kappa shape index (κ2) is 10.2. The second-order valence-electron chi connectivity index (χ2n) is 6.42. The number of benzene rings is 2. The number of hydrogen-bond acceptors (Lipinski definition) is 6. The van der Waals surface area contributed by atoms with E-state index in [0.29, 0.717) is 0 Å². The third-order valence-corrected chi connectivity index (χ3v) is 4.54. The van der Waals surface area contributed by atoms with Crippen LogP contribution in [0.2, 0.25) is 0 Å². The average molecular weight is 497 g/mol. The minimum absolute atomic E-state index is 0.0520. The zero-order chi connectivity index (χ0) is 25.0. The molecule has 0 aliphatic carbocycles. The Morgan fingerprint density at radius 1 is 0.912 bits per heavy atom. The van der Waals surface area contributed by atoms with E-state index in [2.05, 4.69) is 15.4 Å². The lowest BCUT2D eigenvalue weighted by Crippen LogP contribution is -2.35. The summed E-state index contributed by atoms with van der Waals surface area (Å²) in [6, 6.07) is 7.32. The summed E-state index contributed by atoms with van der Waals surface area (Å²) < 4.78 is 70.6. The number of ether oxygens (including phenoxy) is 2. The summed E-state index contributed by atoms with van der Waals surface area (Å²) in [5.41, 5.74) is -1.13. The van der Waals surface area contributed by atoms with Crippen LogP contribution < -0.4 is 25.4 Å². The number of nitrogens with one attached hydrogen (secondary N) is 3. The normalized spacial score (nSPS) is 10.4. The zero-order valence-corrected chi connectivity index (χ0v) is 18.2. The number of carbonyl (C=O) groups is 2. The van der Waals surface area contributed by atoms with Crippen LogP contribution in [-0.2, 0) is 0 Å². The average Bonchev–Trinajstić information content (AvgIpc) is 3.34. The fraction of sp³-hybridized carbons (Fsp3) is 0.0952. The first kappa shape index (κ1) is 24.5. The van der Waals surface area contributed by atoms with Gasteiger partial charge in [0.05, 0.1) is 26.2 Å². The highest BCUT2D eigenvalue weighted by Gasteiger charge is 2.30. The minimum Gasteiger partial charge on any atom is -0.495 e. The molecule has 0 saturated heterocycles. The lowest BCUT2D eigenvalue weighted by Gasteiger charge is -2.15. The monoisotopic (exact) mass is 497 g/mol. The van der Waals surface area contributed by atoms with Gasteiger partial charge in [-0.1, -0.05) is 0 Å². The summed E-state index contributed by atoms with van der Waals surface area (Å²) in [7, 11) is 2.13. The first-order chi connectivity index (χ1) is 16.2. The number of anilines is 2. The van der Waals surface area contributed by atoms with Crippen LogP contribution in [0.5, 0.6) is 11.5 Å². The van der Waals surface area contributed by atoms with E-state index in [1.54, 1.807) is 0 Å². The molecule has 34 heavy (non-hydrogen) atoms. The van der Waals surface area contributed by atoms with Gasteiger partial charge in [-0.15, -0.1) is 0 Å². The Bertz CT molecular complexity index is 1240. The lowest BCUT2D eigenvalue weighted by molar-refractivity contribution is 0.0964. The number of rotatable bonds is 6. The summed E-state index contributed by atoms with van der Waals surface area (Å²) in [5, 5.41) is 6.53. The number of hydrogen-bond donors (Lipinski definition) is 3. The quantitative estimate of drug-likeness (QED) is 0.266. The standard InChI is InChI=1S/C21H15F4N3O5S/c1-31-11-6-5-9(26-19(29)12-4-3-7-33-12)8-10(11)27-21(34)28-20(30)13-14(22)16(24)18(32-2)17(25)15(13)23/h3-8H,1-2H3,(H,26,29)(H2,27,28,30,34). The van der Waals surface area contributed by atoms with Crippen LogP contribution in [0.1, 0.15) is 20.9 Å². The van der Waals surface area contributed by atoms with Crippen molar-refractivity contribution in [1.82, 2.24) is 5.32 Å². The summed E-state index contributed by atoms with van der Waals surface area (Å²) >= 11 is 4.96. The molecule has 3 rings (SSSR count). The molecule has 0 saturated carbocycles. The Kier molecular flexibility index (Phi) is 7.36. The molecule has 13 heteroatoms. The highest BCUT2D eigenvalue weighted by Crippen LogP contribution is 2.30. The van der Waals surface area contributed by atoms with Gasteiger partial charge in [0.15, 0.2) is 28.3 Å². The van der Waals surface area contributed by atoms with Crippen molar-refractivity contribution in [3.8, 4) is 11.5 Å². The molecule has 1 heterocycles. The molecule has 1 aromatic heterocycles. The number of amides is 2. The Balaban J connectivity index is 1.79. The molecule has 3 N–H and O–H groups in total. The van der Waals surface area contributed by atoms with Gasteiger partial charge < -0.3 is 24.5 Å². The van der Waals surface area contributed by atoms with E-state index >= 15 is 0 Å². The molecule has 0 radical (unpaired) electrons. The van der Waals surface area contributed by atoms with E-state index in [1.807, 2.05) is 5.32 Å². The molecule has 0 atom stereocenters. The van der Waals surface area contributed by atoms with E-state index in [0.717, 1.165) is 7.11 Å². The Hall–Kier alpha value is -4.13. The maximum atomic E-state index is 14.2. The highest BCUT2D eigenvalue weighted by molar-refractivity contribution is 7.80. The van der Waals surface area contributed by atoms with Crippen LogP contribution in [-0.4, -0.2) is 31.1 Å². The molecule has 178 valence electrons. The Morgan fingerprint density at radius 2 is 1.59 bits per heavy atom. The van der Waals surface area contributed by atoms with Crippen LogP contribution in [0.4, 0.5) is 28.9 Å². The molecule has 0 aliphatic rings. The molecular formula is C21H15F4N3O5S. The predicted octanol–water partition coefficient (Wildman–Crippen LogP) is 4.23. The predicted molar refractivity (Wildman–Crippen MR) is 116 cm³/mol. The van der Waals surface area contributed by atoms with Crippen LogP contribution in [0.15, 0.2) is 41.0 Å². The largest absolute Gasteiger partial charge is 0.495 e. The van der Waals surface area contributed by atoms with Gasteiger partial charge in [0.2, 0.25) is 11.6 Å². The van der Waals surface area contributed by atoms with Crippen LogP contribution >= 0.6 is 12.2 Å². The van der Waals surface area contributed by atoms with Gasteiger partial charge in [-0.3, -0.25) is 14.9 Å². The van der Waals surface area contributed by atoms with E-state index < -0.39 is 51.5 Å². The van der Waals surface area contributed by atoms with Crippen molar-refractivity contribution in [2.75, 3.05) is 24.9 Å². The van der Waals surface area contributed by atoms with E-state index in [1.165, 1.54) is 43.7 Å². The molecule has 0 unspecified atom stereocenters. The number of thiocarbonyl (C=S) groups is 1. The van der Waals surface area contributed by atoms with E-state index in [9.17, 15) is 27.2 Å². The third-order valence-electron chi connectivity index (χ3n) is 4.33. The molecule has 0 fully saturated rings. The van der Waals surface area contributed by atoms with Crippen molar-refractivity contribution in [2.45, 2.75) is 0 Å². The Morgan fingerprint density at radius 3 is 2.15 bits per heavy atom. The third kappa shape index (κ3) is 4.93. The van der Waals surface area contributed by atoms with E-state index in [-0.39, 0.29) is 22.9 Å². The molecule has 0 aliphatic heterocycles. The maximum Gasteiger partial charge on any atom is 0.291 e. The molecule has 0 bridgehead atoms. The van der Waals surface area contributed by atoms with Crippen molar-refractivity contribution in [1.29, 1.82) is 0 Å². The van der Waals surface area contributed by atoms with Crippen molar-refractivity contribution in [3.63, 3.8) is 0 Å². The van der Waals surface area contributed by atoms with Crippen molar-refractivity contribution < 1.29 is 41.0 Å². The van der Waals surface area contributed by atoms with Gasteiger partial charge in [0.25, 0.3) is 11.8 Å². The van der Waals surface area contributed by atoms with Crippen molar-refractivity contribution in [3.05, 3.63) is 71.2 Å². The lowest BCUT2D eigenvalue weighted by atomic mass is 10.1. The first-order valence-electron chi connectivity index (χ1n) is 9.23. The molecule has 0 spiro atoms. The summed E-state index contributed by atoms with van der Waals surface area (Å²) in [5.74, 6) is -10.8. The molecule has 3 aromatic rings. The van der Waals surface area contributed by atoms with Crippen LogP contribution in [0.3, 0.4) is 0 Å². The maximum absolute atomic E-state index is 14.2. The van der Waals surface area contributed by atoms with Gasteiger partial charge in [0, 0.05) is 5.69 Å². The molecule has 8 nitrogen and oxygen atoms in total. The summed E-state index contributed by atoms with van der Waals surface area (Å²) in [6.07, 6.45) is 1.32. The molecule has 2 aromatic carbocycles. The van der Waals surface area contributed by atoms with Gasteiger partial charge in [0.1, 0.15) is 11.3 Å². The summed E-state index contributed by atoms with van der Waals surface area (Å²) in [4.78, 5) is 24.4. The highest BCUT2D eigenvalue weighted by atomic mass is 32.1. The van der Waals surface area contributed by atoms with Crippen molar-refractivity contribution >= 4 is 40.5 Å². The SMILES string of the molecule is COc1ccc(NC(=O)c2ccco2)cc1NC(=S)NC(=O)c1c(F)c(F)c(OC)c(F)c1F. The second-order valence-corrected chi connectivity index (χ2v) is 6.83. The number of furan rings is 1. The Labute approximate surface area is 194 Å². The fourth-order valence-electron chi connectivity index (χ4n) is 2.79. The van der Waals surface area contributed by atoms with Crippen LogP contribution in [0.25, 0.3) is 0 Å². The number of methoxy groups -OCH3 is 2. The first-order valence-corrected chi connectivity index (χ1v) is 9.63. The van der Waals surface area contributed by atoms with Crippen LogP contribution in [0, 0.1) is 23.3 Å². The topological polar surface area (TPSA) is 102 Å². The zero-order valence-electron chi connectivity index (χ0n) is 17.4. The fourth-order valence-corrected chi connectivity index (χ4v) is 3.00. The number of halogens is 4. The number of carbonyl (C=O) groups excluding carboxylic acids is 2. The van der Waals surface area contributed by atoms with Gasteiger partial charge in [-0.05, 0) is 42.5 Å². The van der Waals surface area contributed by atoms with Gasteiger partial charge >= 0.3 is 0 Å². The van der Waals surface area contributed by atoms with Gasteiger partial charge in [-0.25, -0.2) is 8.78 Å². The smallest absolute Gasteiger partial charge is 0.291 e. The summed E-state index contributed by atoms with van der Waals surface area (Å²) in [6.45, 7) is 0. The van der Waals surface area contributed by atoms with Crippen molar-refractivity contribution in [2.24, 2.45) is 0 Å². The molecular weight excluding hydrogens is 482 g/mol. The molecule has 2 amide bonds. The van der Waals surface area contributed by atoms with E-state index in [4.69, 9.17) is 21.4 Å². The minimum atomic E-state index is -1.96. The van der Waals surface area contributed by atoms with Gasteiger partial charge in [-0.2, -0.15) is 8.78 Å².